The van der Waals surface area contributed by atoms with Crippen molar-refractivity contribution in [3.63, 3.8) is 0 Å². The van der Waals surface area contributed by atoms with Gasteiger partial charge in [0.2, 0.25) is 5.91 Å². The maximum absolute atomic E-state index is 11.8. The SMILES string of the molecule is CNCc1cn(CCC(=O)NC(C)C)c2ccccc12. The van der Waals surface area contributed by atoms with Gasteiger partial charge >= 0.3 is 0 Å². The lowest BCUT2D eigenvalue weighted by atomic mass is 10.2. The molecular weight excluding hydrogens is 250 g/mol. The van der Waals surface area contributed by atoms with Crippen LogP contribution in [0, 0.1) is 0 Å². The van der Waals surface area contributed by atoms with Crippen LogP contribution < -0.4 is 10.6 Å². The van der Waals surface area contributed by atoms with Crippen molar-refractivity contribution in [3.05, 3.63) is 36.0 Å². The summed E-state index contributed by atoms with van der Waals surface area (Å²) >= 11 is 0. The van der Waals surface area contributed by atoms with Gasteiger partial charge in [-0.3, -0.25) is 4.79 Å². The Kier molecular flexibility index (Phi) is 4.79. The van der Waals surface area contributed by atoms with E-state index >= 15 is 0 Å². The molecule has 4 nitrogen and oxygen atoms in total. The van der Waals surface area contributed by atoms with E-state index in [4.69, 9.17) is 0 Å². The number of rotatable bonds is 6. The van der Waals surface area contributed by atoms with E-state index < -0.39 is 0 Å². The summed E-state index contributed by atoms with van der Waals surface area (Å²) in [6.07, 6.45) is 2.65. The van der Waals surface area contributed by atoms with E-state index in [1.54, 1.807) is 0 Å². The molecule has 4 heteroatoms. The molecule has 20 heavy (non-hydrogen) atoms. The first-order chi connectivity index (χ1) is 9.61. The summed E-state index contributed by atoms with van der Waals surface area (Å²) in [6.45, 7) is 5.51. The molecule has 1 aromatic carbocycles. The second-order valence-electron chi connectivity index (χ2n) is 5.37. The van der Waals surface area contributed by atoms with Crippen molar-refractivity contribution in [3.8, 4) is 0 Å². The monoisotopic (exact) mass is 273 g/mol. The van der Waals surface area contributed by atoms with Crippen LogP contribution in [0.15, 0.2) is 30.5 Å². The van der Waals surface area contributed by atoms with Gasteiger partial charge in [0.1, 0.15) is 0 Å². The van der Waals surface area contributed by atoms with Crippen LogP contribution in [0.2, 0.25) is 0 Å². The molecule has 2 N–H and O–H groups in total. The van der Waals surface area contributed by atoms with E-state index in [-0.39, 0.29) is 11.9 Å². The maximum Gasteiger partial charge on any atom is 0.221 e. The Balaban J connectivity index is 2.15. The summed E-state index contributed by atoms with van der Waals surface area (Å²) in [6, 6.07) is 8.53. The van der Waals surface area contributed by atoms with Gasteiger partial charge in [-0.05, 0) is 32.5 Å². The molecule has 0 saturated carbocycles. The van der Waals surface area contributed by atoms with Gasteiger partial charge in [-0.2, -0.15) is 0 Å². The predicted molar refractivity (Wildman–Crippen MR) is 82.6 cm³/mol. The molecule has 2 aromatic rings. The first-order valence-corrected chi connectivity index (χ1v) is 7.12. The van der Waals surface area contributed by atoms with Crippen molar-refractivity contribution >= 4 is 16.8 Å². The summed E-state index contributed by atoms with van der Waals surface area (Å²) in [5.41, 5.74) is 2.46. The maximum atomic E-state index is 11.8. The van der Waals surface area contributed by atoms with Gasteiger partial charge in [0.25, 0.3) is 0 Å². The number of benzene rings is 1. The Hall–Kier alpha value is -1.81. The molecule has 0 aliphatic heterocycles. The minimum absolute atomic E-state index is 0.105. The number of hydrogen-bond acceptors (Lipinski definition) is 2. The molecule has 0 atom stereocenters. The number of carbonyl (C=O) groups excluding carboxylic acids is 1. The number of nitrogens with one attached hydrogen (secondary N) is 2. The third-order valence-corrected chi connectivity index (χ3v) is 3.27. The van der Waals surface area contributed by atoms with E-state index in [1.165, 1.54) is 16.5 Å². The summed E-state index contributed by atoms with van der Waals surface area (Å²) in [5, 5.41) is 7.37. The quantitative estimate of drug-likeness (QED) is 0.848. The van der Waals surface area contributed by atoms with Gasteiger partial charge in [-0.1, -0.05) is 18.2 Å². The average molecular weight is 273 g/mol. The van der Waals surface area contributed by atoms with E-state index in [9.17, 15) is 4.79 Å². The van der Waals surface area contributed by atoms with Gasteiger partial charge in [-0.15, -0.1) is 0 Å². The van der Waals surface area contributed by atoms with Crippen molar-refractivity contribution in [1.29, 1.82) is 0 Å². The number of para-hydroxylation sites is 1. The Morgan fingerprint density at radius 3 is 2.75 bits per heavy atom. The highest BCUT2D eigenvalue weighted by atomic mass is 16.1. The third-order valence-electron chi connectivity index (χ3n) is 3.27. The van der Waals surface area contributed by atoms with Crippen LogP contribution in [0.4, 0.5) is 0 Å². The highest BCUT2D eigenvalue weighted by molar-refractivity contribution is 5.84. The van der Waals surface area contributed by atoms with E-state index in [2.05, 4.69) is 39.6 Å². The molecule has 0 fully saturated rings. The normalized spacial score (nSPS) is 11.2. The molecule has 108 valence electrons. The molecule has 0 aliphatic carbocycles. The third kappa shape index (κ3) is 3.39. The first-order valence-electron chi connectivity index (χ1n) is 7.12. The summed E-state index contributed by atoms with van der Waals surface area (Å²) in [7, 11) is 1.95. The predicted octanol–water partition coefficient (Wildman–Crippen LogP) is 2.28. The molecule has 0 bridgehead atoms. The fraction of sp³-hybridized carbons (Fsp3) is 0.438. The molecule has 0 aliphatic rings. The minimum atomic E-state index is 0.105. The van der Waals surface area contributed by atoms with Crippen LogP contribution in [0.3, 0.4) is 0 Å². The van der Waals surface area contributed by atoms with Crippen molar-refractivity contribution in [2.75, 3.05) is 7.05 Å². The number of aromatic nitrogens is 1. The van der Waals surface area contributed by atoms with Crippen LogP contribution in [0.1, 0.15) is 25.8 Å². The van der Waals surface area contributed by atoms with Crippen molar-refractivity contribution in [2.24, 2.45) is 0 Å². The molecule has 0 radical (unpaired) electrons. The Labute approximate surface area is 120 Å². The van der Waals surface area contributed by atoms with Gasteiger partial charge in [-0.25, -0.2) is 0 Å². The number of hydrogen-bond donors (Lipinski definition) is 2. The largest absolute Gasteiger partial charge is 0.354 e. The molecule has 1 amide bonds. The molecular formula is C16H23N3O. The average Bonchev–Trinajstić information content (AvgIpc) is 2.75. The number of fused-ring (bicyclic) bond motifs is 1. The van der Waals surface area contributed by atoms with Crippen LogP contribution in [0.5, 0.6) is 0 Å². The van der Waals surface area contributed by atoms with Gasteiger partial charge in [0, 0.05) is 42.7 Å². The summed E-state index contributed by atoms with van der Waals surface area (Å²) in [4.78, 5) is 11.8. The lowest BCUT2D eigenvalue weighted by Gasteiger charge is -2.09. The van der Waals surface area contributed by atoms with Gasteiger partial charge in [0.05, 0.1) is 0 Å². The second-order valence-corrected chi connectivity index (χ2v) is 5.37. The highest BCUT2D eigenvalue weighted by Crippen LogP contribution is 2.21. The van der Waals surface area contributed by atoms with Crippen molar-refractivity contribution in [1.82, 2.24) is 15.2 Å². The van der Waals surface area contributed by atoms with Crippen LogP contribution in [-0.4, -0.2) is 23.6 Å². The molecule has 2 rings (SSSR count). The van der Waals surface area contributed by atoms with Crippen molar-refractivity contribution < 1.29 is 4.79 Å². The van der Waals surface area contributed by atoms with E-state index in [0.29, 0.717) is 13.0 Å². The molecule has 1 heterocycles. The van der Waals surface area contributed by atoms with Crippen LogP contribution in [-0.2, 0) is 17.9 Å². The lowest BCUT2D eigenvalue weighted by Crippen LogP contribution is -2.30. The van der Waals surface area contributed by atoms with E-state index in [0.717, 1.165) is 6.54 Å². The Morgan fingerprint density at radius 1 is 1.30 bits per heavy atom. The van der Waals surface area contributed by atoms with Crippen LogP contribution >= 0.6 is 0 Å². The topological polar surface area (TPSA) is 46.1 Å². The Bertz CT molecular complexity index is 586. The fourth-order valence-electron chi connectivity index (χ4n) is 2.46. The molecule has 1 aromatic heterocycles. The zero-order chi connectivity index (χ0) is 14.5. The Morgan fingerprint density at radius 2 is 2.05 bits per heavy atom. The summed E-state index contributed by atoms with van der Waals surface area (Å²) in [5.74, 6) is 0.105. The van der Waals surface area contributed by atoms with Crippen LogP contribution in [0.25, 0.3) is 10.9 Å². The number of nitrogens with zero attached hydrogens (tertiary/aromatic N) is 1. The second kappa shape index (κ2) is 6.57. The molecule has 0 spiro atoms. The minimum Gasteiger partial charge on any atom is -0.354 e. The zero-order valence-electron chi connectivity index (χ0n) is 12.4. The standard InChI is InChI=1S/C16H23N3O/c1-12(2)18-16(20)8-9-19-11-13(10-17-3)14-6-4-5-7-15(14)19/h4-7,11-12,17H,8-10H2,1-3H3,(H,18,20). The number of aryl methyl sites for hydroxylation is 1. The molecule has 0 saturated heterocycles. The van der Waals surface area contributed by atoms with Gasteiger partial charge < -0.3 is 15.2 Å². The first kappa shape index (κ1) is 14.6. The smallest absolute Gasteiger partial charge is 0.221 e. The summed E-state index contributed by atoms with van der Waals surface area (Å²) < 4.78 is 2.17. The zero-order valence-corrected chi connectivity index (χ0v) is 12.4. The molecule has 0 unspecified atom stereocenters. The van der Waals surface area contributed by atoms with E-state index in [1.807, 2.05) is 27.0 Å². The highest BCUT2D eigenvalue weighted by Gasteiger charge is 2.09. The van der Waals surface area contributed by atoms with Crippen molar-refractivity contribution in [2.45, 2.75) is 39.4 Å². The fourth-order valence-corrected chi connectivity index (χ4v) is 2.46. The number of carbonyl (C=O) groups is 1. The number of amides is 1. The van der Waals surface area contributed by atoms with Gasteiger partial charge in [0.15, 0.2) is 0 Å². The lowest BCUT2D eigenvalue weighted by molar-refractivity contribution is -0.121.